The van der Waals surface area contributed by atoms with Crippen LogP contribution in [0.2, 0.25) is 0 Å². The van der Waals surface area contributed by atoms with Crippen LogP contribution in [-0.4, -0.2) is 11.4 Å². The Morgan fingerprint density at radius 3 is 3.00 bits per heavy atom. The van der Waals surface area contributed by atoms with Gasteiger partial charge in [0.15, 0.2) is 0 Å². The summed E-state index contributed by atoms with van der Waals surface area (Å²) in [5.74, 6) is 0. The number of rotatable bonds is 3. The van der Waals surface area contributed by atoms with Crippen molar-refractivity contribution < 1.29 is 0 Å². The van der Waals surface area contributed by atoms with Gasteiger partial charge in [0.1, 0.15) is 0 Å². The molecule has 0 aromatic carbocycles. The van der Waals surface area contributed by atoms with Gasteiger partial charge in [0.2, 0.25) is 0 Å². The quantitative estimate of drug-likeness (QED) is 0.605. The number of hydrogen-bond acceptors (Lipinski definition) is 1. The first-order chi connectivity index (χ1) is 4.84. The summed E-state index contributed by atoms with van der Waals surface area (Å²) in [4.78, 5) is 2.19. The Labute approximate surface area is 66.3 Å². The summed E-state index contributed by atoms with van der Waals surface area (Å²) < 4.78 is 0. The molecule has 1 heterocycles. The van der Waals surface area contributed by atoms with E-state index < -0.39 is 0 Å². The summed E-state index contributed by atoms with van der Waals surface area (Å²) in [5.41, 5.74) is 1.33. The zero-order chi connectivity index (χ0) is 7.40. The maximum atomic E-state index is 3.20. The van der Waals surface area contributed by atoms with Crippen LogP contribution in [0.5, 0.6) is 0 Å². The second kappa shape index (κ2) is 3.65. The van der Waals surface area contributed by atoms with E-state index in [0.29, 0.717) is 0 Å². The number of nitrogens with zero attached hydrogens (tertiary/aromatic N) is 1. The Morgan fingerprint density at radius 2 is 2.50 bits per heavy atom. The summed E-state index contributed by atoms with van der Waals surface area (Å²) >= 11 is 1.65. The first-order valence-electron chi connectivity index (χ1n) is 3.70. The maximum absolute atomic E-state index is 3.20. The normalized spacial score (nSPS) is 15.4. The molecular weight excluding hydrogens is 142 g/mol. The lowest BCUT2D eigenvalue weighted by Crippen LogP contribution is -2.14. The van der Waals surface area contributed by atoms with Crippen LogP contribution in [-0.2, 0) is 0 Å². The molecule has 0 N–H and O–H groups in total. The number of unbranched alkanes of at least 4 members (excludes halogenated alkanes) is 1. The molecule has 1 nitrogen and oxygen atoms in total. The van der Waals surface area contributed by atoms with Crippen molar-refractivity contribution in [2.75, 3.05) is 6.54 Å². The second-order valence-corrected chi connectivity index (χ2v) is 3.13. The fourth-order valence-electron chi connectivity index (χ4n) is 0.849. The van der Waals surface area contributed by atoms with Crippen LogP contribution in [0.3, 0.4) is 0 Å². The minimum absolute atomic E-state index is 1.13. The molecule has 2 heteroatoms. The fraction of sp³-hybridized carbons (Fsp3) is 0.625. The highest BCUT2D eigenvalue weighted by atomic mass is 32.1. The largest absolute Gasteiger partial charge is 0.303 e. The van der Waals surface area contributed by atoms with Gasteiger partial charge in [-0.3, -0.25) is 0 Å². The molecule has 1 aliphatic rings. The molecule has 0 radical (unpaired) electrons. The molecule has 0 amide bonds. The third-order valence-corrected chi connectivity index (χ3v) is 2.34. The molecule has 0 bridgehead atoms. The van der Waals surface area contributed by atoms with Crippen molar-refractivity contribution in [3.8, 4) is 5.31 Å². The Kier molecular flexibility index (Phi) is 2.79. The lowest BCUT2D eigenvalue weighted by atomic mass is 10.3. The minimum atomic E-state index is 1.13. The molecule has 0 aromatic heterocycles. The summed E-state index contributed by atoms with van der Waals surface area (Å²) in [6.07, 6.45) is 2.52. The van der Waals surface area contributed by atoms with E-state index in [9.17, 15) is 0 Å². The fourth-order valence-corrected chi connectivity index (χ4v) is 1.56. The third kappa shape index (κ3) is 1.76. The highest BCUT2D eigenvalue weighted by Gasteiger charge is 2.03. The van der Waals surface area contributed by atoms with Crippen molar-refractivity contribution in [2.45, 2.75) is 26.7 Å². The van der Waals surface area contributed by atoms with E-state index in [4.69, 9.17) is 0 Å². The average molecular weight is 155 g/mol. The van der Waals surface area contributed by atoms with Crippen LogP contribution in [0.4, 0.5) is 0 Å². The van der Waals surface area contributed by atoms with Crippen LogP contribution >= 0.6 is 11.2 Å². The number of allylic oxidation sites excluding steroid dienone is 1. The molecule has 56 valence electrons. The van der Waals surface area contributed by atoms with Gasteiger partial charge < -0.3 is 4.90 Å². The topological polar surface area (TPSA) is 3.24 Å². The van der Waals surface area contributed by atoms with Gasteiger partial charge in [0.25, 0.3) is 0 Å². The molecule has 0 atom stereocenters. The van der Waals surface area contributed by atoms with Crippen molar-refractivity contribution in [3.63, 3.8) is 0 Å². The average Bonchev–Trinajstić information content (AvgIpc) is 2.31. The van der Waals surface area contributed by atoms with Gasteiger partial charge in [-0.15, -0.1) is 0 Å². The Morgan fingerprint density at radius 1 is 1.70 bits per heavy atom. The first-order valence-corrected chi connectivity index (χ1v) is 4.58. The summed E-state index contributed by atoms with van der Waals surface area (Å²) in [7, 11) is 0. The van der Waals surface area contributed by atoms with E-state index in [1.165, 1.54) is 18.5 Å². The third-order valence-electron chi connectivity index (χ3n) is 1.55. The van der Waals surface area contributed by atoms with Crippen molar-refractivity contribution in [3.05, 3.63) is 11.1 Å². The van der Waals surface area contributed by atoms with Gasteiger partial charge in [0.05, 0.1) is 0 Å². The number of hydrogen-bond donors (Lipinski definition) is 0. The molecule has 0 spiro atoms. The molecule has 10 heavy (non-hydrogen) atoms. The molecular formula is C8H13NS. The van der Waals surface area contributed by atoms with E-state index in [-0.39, 0.29) is 0 Å². The van der Waals surface area contributed by atoms with Crippen LogP contribution < -0.4 is 0 Å². The highest BCUT2D eigenvalue weighted by Crippen LogP contribution is 2.12. The highest BCUT2D eigenvalue weighted by molar-refractivity contribution is 7.91. The summed E-state index contributed by atoms with van der Waals surface area (Å²) in [6, 6.07) is 0. The van der Waals surface area contributed by atoms with E-state index in [2.05, 4.69) is 29.5 Å². The van der Waals surface area contributed by atoms with Crippen molar-refractivity contribution in [1.82, 2.24) is 4.90 Å². The molecule has 0 saturated heterocycles. The predicted molar refractivity (Wildman–Crippen MR) is 46.9 cm³/mol. The molecule has 0 aromatic rings. The van der Waals surface area contributed by atoms with Gasteiger partial charge >= 0.3 is 0 Å². The SMILES string of the molecule is CCCCN1C#SC=C1C. The molecule has 0 saturated carbocycles. The maximum Gasteiger partial charge on any atom is 0.0338 e. The van der Waals surface area contributed by atoms with Crippen molar-refractivity contribution in [1.29, 1.82) is 0 Å². The van der Waals surface area contributed by atoms with E-state index >= 15 is 0 Å². The summed E-state index contributed by atoms with van der Waals surface area (Å²) in [5, 5.41) is 5.33. The molecule has 0 aliphatic carbocycles. The van der Waals surface area contributed by atoms with E-state index in [1.54, 1.807) is 11.2 Å². The molecule has 0 unspecified atom stereocenters. The van der Waals surface area contributed by atoms with Crippen molar-refractivity contribution >= 4 is 11.2 Å². The second-order valence-electron chi connectivity index (χ2n) is 2.47. The summed E-state index contributed by atoms with van der Waals surface area (Å²) in [6.45, 7) is 5.47. The van der Waals surface area contributed by atoms with Crippen LogP contribution in [0, 0.1) is 5.31 Å². The van der Waals surface area contributed by atoms with E-state index in [0.717, 1.165) is 6.54 Å². The smallest absolute Gasteiger partial charge is 0.0338 e. The van der Waals surface area contributed by atoms with Crippen LogP contribution in [0.15, 0.2) is 11.1 Å². The Bertz CT molecular complexity index is 197. The van der Waals surface area contributed by atoms with E-state index in [1.807, 2.05) is 0 Å². The monoisotopic (exact) mass is 155 g/mol. The minimum Gasteiger partial charge on any atom is -0.303 e. The zero-order valence-corrected chi connectivity index (χ0v) is 7.37. The lowest BCUT2D eigenvalue weighted by molar-refractivity contribution is 0.479. The van der Waals surface area contributed by atoms with Crippen LogP contribution in [0.1, 0.15) is 26.7 Å². The molecule has 0 fully saturated rings. The first kappa shape index (κ1) is 7.64. The zero-order valence-electron chi connectivity index (χ0n) is 6.55. The van der Waals surface area contributed by atoms with Gasteiger partial charge in [-0.05, 0) is 13.3 Å². The van der Waals surface area contributed by atoms with Gasteiger partial charge in [0, 0.05) is 23.0 Å². The molecule has 1 aliphatic heterocycles. The van der Waals surface area contributed by atoms with Gasteiger partial charge in [-0.1, -0.05) is 24.5 Å². The standard InChI is InChI=1S/C8H13NS/c1-3-4-5-9-7-10-6-8(9)2/h6H,3-5H2,1-2H3. The van der Waals surface area contributed by atoms with Crippen LogP contribution in [0.25, 0.3) is 0 Å². The molecule has 1 rings (SSSR count). The lowest BCUT2D eigenvalue weighted by Gasteiger charge is -2.13. The Hall–Kier alpha value is -0.460. The van der Waals surface area contributed by atoms with Crippen molar-refractivity contribution in [2.24, 2.45) is 0 Å². The van der Waals surface area contributed by atoms with Gasteiger partial charge in [-0.25, -0.2) is 0 Å². The Balaban J connectivity index is 2.32. The predicted octanol–water partition coefficient (Wildman–Crippen LogP) is 2.61. The van der Waals surface area contributed by atoms with Gasteiger partial charge in [-0.2, -0.15) is 0 Å².